The lowest BCUT2D eigenvalue weighted by Gasteiger charge is -2.11. The number of aromatic nitrogens is 3. The van der Waals surface area contributed by atoms with Crippen LogP contribution in [0.2, 0.25) is 0 Å². The topological polar surface area (TPSA) is 108 Å². The zero-order chi connectivity index (χ0) is 23.2. The van der Waals surface area contributed by atoms with Gasteiger partial charge in [-0.05, 0) is 55.0 Å². The van der Waals surface area contributed by atoms with E-state index in [-0.39, 0.29) is 17.4 Å². The number of nitrogens with one attached hydrogen (secondary N) is 1. The van der Waals surface area contributed by atoms with Crippen molar-refractivity contribution in [2.24, 2.45) is 0 Å². The van der Waals surface area contributed by atoms with Gasteiger partial charge in [0.1, 0.15) is 11.5 Å². The first-order valence-corrected chi connectivity index (χ1v) is 12.1. The summed E-state index contributed by atoms with van der Waals surface area (Å²) in [4.78, 5) is 12.8. The summed E-state index contributed by atoms with van der Waals surface area (Å²) < 4.78 is 39.2. The van der Waals surface area contributed by atoms with E-state index in [1.807, 2.05) is 0 Å². The van der Waals surface area contributed by atoms with Crippen molar-refractivity contribution in [2.75, 3.05) is 11.5 Å². The summed E-state index contributed by atoms with van der Waals surface area (Å²) in [5.41, 5.74) is 2.64. The highest BCUT2D eigenvalue weighted by molar-refractivity contribution is 7.91. The highest BCUT2D eigenvalue weighted by atomic mass is 32.2. The molecular formula is C23H19FN4O4S. The van der Waals surface area contributed by atoms with Crippen LogP contribution in [0.15, 0.2) is 67.0 Å². The predicted molar refractivity (Wildman–Crippen MR) is 120 cm³/mol. The summed E-state index contributed by atoms with van der Waals surface area (Å²) >= 11 is 0. The van der Waals surface area contributed by atoms with Gasteiger partial charge in [0.15, 0.2) is 22.2 Å². The SMILES string of the molecule is O=C(NC1CCS(=O)(=O)C1)c1ccc2c(-c3ccc[n+]([O-])c3)nn(-c3ccc(F)cc3)c2c1. The van der Waals surface area contributed by atoms with E-state index >= 15 is 0 Å². The van der Waals surface area contributed by atoms with Crippen molar-refractivity contribution in [1.29, 1.82) is 0 Å². The number of sulfone groups is 1. The maximum Gasteiger partial charge on any atom is 0.251 e. The van der Waals surface area contributed by atoms with E-state index in [1.165, 1.54) is 24.5 Å². The van der Waals surface area contributed by atoms with E-state index in [0.717, 1.165) is 0 Å². The maximum atomic E-state index is 13.5. The van der Waals surface area contributed by atoms with Crippen LogP contribution < -0.4 is 10.0 Å². The van der Waals surface area contributed by atoms with Crippen LogP contribution in [0.3, 0.4) is 0 Å². The number of rotatable bonds is 4. The van der Waals surface area contributed by atoms with Crippen molar-refractivity contribution < 1.29 is 22.3 Å². The number of pyridine rings is 1. The molecule has 1 fully saturated rings. The number of hydrogen-bond donors (Lipinski definition) is 1. The summed E-state index contributed by atoms with van der Waals surface area (Å²) in [6.07, 6.45) is 3.16. The first kappa shape index (κ1) is 21.1. The van der Waals surface area contributed by atoms with E-state index in [1.54, 1.807) is 47.1 Å². The minimum atomic E-state index is -3.12. The molecule has 1 aliphatic rings. The fourth-order valence-corrected chi connectivity index (χ4v) is 5.69. The zero-order valence-corrected chi connectivity index (χ0v) is 18.1. The standard InChI is InChI=1S/C23H19FN4O4S/c24-17-4-6-19(7-5-17)28-21-12-15(23(29)25-18-9-11-33(31,32)14-18)3-8-20(21)22(26-28)16-2-1-10-27(30)13-16/h1-8,10,12-13,18H,9,11,14H2,(H,25,29). The number of nitrogens with zero attached hydrogens (tertiary/aromatic N) is 3. The van der Waals surface area contributed by atoms with Crippen LogP contribution in [0.4, 0.5) is 4.39 Å². The van der Waals surface area contributed by atoms with Crippen LogP contribution in [-0.4, -0.2) is 41.7 Å². The van der Waals surface area contributed by atoms with E-state index in [2.05, 4.69) is 10.4 Å². The summed E-state index contributed by atoms with van der Waals surface area (Å²) in [7, 11) is -3.12. The molecule has 3 heterocycles. The van der Waals surface area contributed by atoms with Crippen molar-refractivity contribution in [3.63, 3.8) is 0 Å². The molecule has 1 atom stereocenters. The Morgan fingerprint density at radius 3 is 2.67 bits per heavy atom. The molecule has 0 bridgehead atoms. The first-order valence-electron chi connectivity index (χ1n) is 10.3. The Hall–Kier alpha value is -3.79. The molecule has 10 heteroatoms. The molecule has 0 aliphatic carbocycles. The molecule has 2 aromatic heterocycles. The molecule has 5 rings (SSSR count). The second-order valence-corrected chi connectivity index (χ2v) is 10.2. The van der Waals surface area contributed by atoms with Gasteiger partial charge in [0.2, 0.25) is 0 Å². The van der Waals surface area contributed by atoms with Crippen molar-refractivity contribution in [3.8, 4) is 16.9 Å². The molecule has 2 aromatic carbocycles. The lowest BCUT2D eigenvalue weighted by atomic mass is 10.1. The molecule has 1 aliphatic heterocycles. The number of benzene rings is 2. The summed E-state index contributed by atoms with van der Waals surface area (Å²) in [5.74, 6) is -0.780. The molecule has 1 saturated heterocycles. The average Bonchev–Trinajstić information content (AvgIpc) is 3.33. The summed E-state index contributed by atoms with van der Waals surface area (Å²) in [6.45, 7) is 0. The number of hydrogen-bond acceptors (Lipinski definition) is 5. The Morgan fingerprint density at radius 1 is 1.18 bits per heavy atom. The molecule has 0 radical (unpaired) electrons. The number of carbonyl (C=O) groups excluding carboxylic acids is 1. The molecule has 1 amide bonds. The number of fused-ring (bicyclic) bond motifs is 1. The Labute approximate surface area is 188 Å². The van der Waals surface area contributed by atoms with Gasteiger partial charge in [-0.25, -0.2) is 17.5 Å². The first-order chi connectivity index (χ1) is 15.8. The number of halogens is 1. The molecule has 1 unspecified atom stereocenters. The number of carbonyl (C=O) groups is 1. The maximum absolute atomic E-state index is 13.5. The average molecular weight is 466 g/mol. The summed E-state index contributed by atoms with van der Waals surface area (Å²) in [6, 6.07) is 13.7. The second-order valence-electron chi connectivity index (χ2n) is 7.99. The molecule has 8 nitrogen and oxygen atoms in total. The predicted octanol–water partition coefficient (Wildman–Crippen LogP) is 2.38. The van der Waals surface area contributed by atoms with Gasteiger partial charge in [0.25, 0.3) is 5.91 Å². The van der Waals surface area contributed by atoms with Gasteiger partial charge < -0.3 is 10.5 Å². The normalized spacial score (nSPS) is 17.3. The third-order valence-corrected chi connectivity index (χ3v) is 7.40. The third kappa shape index (κ3) is 4.17. The minimum Gasteiger partial charge on any atom is -0.619 e. The Balaban J connectivity index is 1.59. The molecule has 0 spiro atoms. The lowest BCUT2D eigenvalue weighted by Crippen LogP contribution is -2.35. The van der Waals surface area contributed by atoms with Crippen LogP contribution >= 0.6 is 0 Å². The fourth-order valence-electron chi connectivity index (χ4n) is 4.02. The Kier molecular flexibility index (Phi) is 5.09. The molecular weight excluding hydrogens is 447 g/mol. The van der Waals surface area contributed by atoms with Crippen molar-refractivity contribution in [1.82, 2.24) is 15.1 Å². The van der Waals surface area contributed by atoms with Crippen LogP contribution in [0, 0.1) is 11.0 Å². The van der Waals surface area contributed by atoms with E-state index < -0.39 is 21.7 Å². The molecule has 0 saturated carbocycles. The van der Waals surface area contributed by atoms with Gasteiger partial charge in [0.05, 0.1) is 28.3 Å². The number of amides is 1. The van der Waals surface area contributed by atoms with Gasteiger partial charge in [-0.15, -0.1) is 0 Å². The van der Waals surface area contributed by atoms with Crippen LogP contribution in [0.25, 0.3) is 27.8 Å². The summed E-state index contributed by atoms with van der Waals surface area (Å²) in [5, 5.41) is 20.0. The highest BCUT2D eigenvalue weighted by Crippen LogP contribution is 2.30. The Bertz CT molecular complexity index is 1480. The van der Waals surface area contributed by atoms with Crippen molar-refractivity contribution in [3.05, 3.63) is 83.6 Å². The lowest BCUT2D eigenvalue weighted by molar-refractivity contribution is -0.604. The van der Waals surface area contributed by atoms with E-state index in [9.17, 15) is 22.8 Å². The van der Waals surface area contributed by atoms with Crippen molar-refractivity contribution >= 4 is 26.6 Å². The van der Waals surface area contributed by atoms with Gasteiger partial charge in [-0.1, -0.05) is 0 Å². The third-order valence-electron chi connectivity index (χ3n) is 5.63. The zero-order valence-electron chi connectivity index (χ0n) is 17.3. The molecule has 4 aromatic rings. The quantitative estimate of drug-likeness (QED) is 0.367. The second kappa shape index (κ2) is 7.96. The van der Waals surface area contributed by atoms with Gasteiger partial charge in [0, 0.05) is 23.1 Å². The van der Waals surface area contributed by atoms with Crippen LogP contribution in [0.1, 0.15) is 16.8 Å². The van der Waals surface area contributed by atoms with Crippen LogP contribution in [-0.2, 0) is 9.84 Å². The van der Waals surface area contributed by atoms with Crippen LogP contribution in [0.5, 0.6) is 0 Å². The molecule has 33 heavy (non-hydrogen) atoms. The minimum absolute atomic E-state index is 0.0640. The van der Waals surface area contributed by atoms with Gasteiger partial charge in [-0.3, -0.25) is 4.79 Å². The van der Waals surface area contributed by atoms with E-state index in [0.29, 0.717) is 44.6 Å². The fraction of sp³-hybridized carbons (Fsp3) is 0.174. The monoisotopic (exact) mass is 466 g/mol. The van der Waals surface area contributed by atoms with E-state index in [4.69, 9.17) is 0 Å². The molecule has 168 valence electrons. The smallest absolute Gasteiger partial charge is 0.251 e. The van der Waals surface area contributed by atoms with Gasteiger partial charge >= 0.3 is 0 Å². The highest BCUT2D eigenvalue weighted by Gasteiger charge is 2.29. The Morgan fingerprint density at radius 2 is 1.97 bits per heavy atom. The molecule has 1 N–H and O–H groups in total. The van der Waals surface area contributed by atoms with Crippen molar-refractivity contribution in [2.45, 2.75) is 12.5 Å². The van der Waals surface area contributed by atoms with Gasteiger partial charge in [-0.2, -0.15) is 9.83 Å². The largest absolute Gasteiger partial charge is 0.619 e.